The summed E-state index contributed by atoms with van der Waals surface area (Å²) in [5.41, 5.74) is 0.532. The number of benzene rings is 2. The van der Waals surface area contributed by atoms with Gasteiger partial charge in [0.2, 0.25) is 5.71 Å². The zero-order chi connectivity index (χ0) is 27.7. The molecule has 1 saturated carbocycles. The number of fused-ring (bicyclic) bond motifs is 1. The number of carbonyl (C=O) groups excluding carboxylic acids is 2. The highest BCUT2D eigenvalue weighted by Crippen LogP contribution is 2.56. The Balaban J connectivity index is 1.54. The van der Waals surface area contributed by atoms with Gasteiger partial charge < -0.3 is 14.0 Å². The number of nitrogens with one attached hydrogen (secondary N) is 2. The third-order valence-electron chi connectivity index (χ3n) is 5.56. The average Bonchev–Trinajstić information content (AvgIpc) is 3.56. The summed E-state index contributed by atoms with van der Waals surface area (Å²) in [5, 5.41) is 14.6. The van der Waals surface area contributed by atoms with Crippen molar-refractivity contribution in [1.29, 1.82) is 5.26 Å². The fraction of sp³-hybridized carbons (Fsp3) is 0.261. The van der Waals surface area contributed by atoms with Gasteiger partial charge in [-0.15, -0.1) is 0 Å². The standard InChI is InChI=1S/C23H17Cl2F3N6O4/c1-2-37-21(36)31-20(35)17(10-29)33-32-12-7-14(24)19(15(25)8-12)38-13-3-4-16-18(9-13)34(11-30-16)22(5-6-22)23(26,27)28/h3-4,7-9,11,32H,2,5-6H2,1H3,(H,31,35,36)/b33-17+. The number of hydrogen-bond acceptors (Lipinski definition) is 8. The van der Waals surface area contributed by atoms with Crippen LogP contribution in [0.5, 0.6) is 11.5 Å². The molecule has 0 spiro atoms. The SMILES string of the molecule is CCOC(=O)NC(=O)/C(C#N)=N/Nc1cc(Cl)c(Oc2ccc3ncn(C4(C(F)(F)F)CC4)c3c2)c(Cl)c1. The number of ether oxygens (including phenoxy) is 2. The highest BCUT2D eigenvalue weighted by molar-refractivity contribution is 6.47. The van der Waals surface area contributed by atoms with Crippen LogP contribution in [-0.2, 0) is 15.1 Å². The lowest BCUT2D eigenvalue weighted by Gasteiger charge is -2.21. The van der Waals surface area contributed by atoms with Crippen LogP contribution in [0.25, 0.3) is 11.0 Å². The van der Waals surface area contributed by atoms with Crippen molar-refractivity contribution in [2.24, 2.45) is 5.10 Å². The fourth-order valence-corrected chi connectivity index (χ4v) is 4.14. The molecule has 38 heavy (non-hydrogen) atoms. The molecule has 10 nitrogen and oxygen atoms in total. The number of aromatic nitrogens is 2. The third kappa shape index (κ3) is 5.32. The van der Waals surface area contributed by atoms with Crippen LogP contribution < -0.4 is 15.5 Å². The zero-order valence-corrected chi connectivity index (χ0v) is 20.9. The molecule has 1 aromatic heterocycles. The number of imide groups is 1. The van der Waals surface area contributed by atoms with Crippen LogP contribution in [-0.4, -0.2) is 40.0 Å². The molecule has 2 aromatic carbocycles. The van der Waals surface area contributed by atoms with Crippen LogP contribution in [0.3, 0.4) is 0 Å². The number of nitriles is 1. The predicted molar refractivity (Wildman–Crippen MR) is 131 cm³/mol. The lowest BCUT2D eigenvalue weighted by Crippen LogP contribution is -2.36. The number of amides is 2. The molecule has 0 bridgehead atoms. The van der Waals surface area contributed by atoms with E-state index in [2.05, 4.69) is 20.2 Å². The minimum atomic E-state index is -4.43. The number of anilines is 1. The van der Waals surface area contributed by atoms with E-state index < -0.39 is 29.4 Å². The summed E-state index contributed by atoms with van der Waals surface area (Å²) in [7, 11) is 0. The molecule has 1 heterocycles. The minimum absolute atomic E-state index is 0.00537. The topological polar surface area (TPSA) is 131 Å². The van der Waals surface area contributed by atoms with E-state index >= 15 is 0 Å². The predicted octanol–water partition coefficient (Wildman–Crippen LogP) is 5.75. The molecular weight excluding hydrogens is 552 g/mol. The Labute approximate surface area is 222 Å². The molecule has 0 aliphatic heterocycles. The van der Waals surface area contributed by atoms with E-state index in [4.69, 9.17) is 33.2 Å². The summed E-state index contributed by atoms with van der Waals surface area (Å²) >= 11 is 12.6. The number of carbonyl (C=O) groups is 2. The van der Waals surface area contributed by atoms with Gasteiger partial charge in [0.15, 0.2) is 5.75 Å². The molecule has 0 atom stereocenters. The number of rotatable bonds is 7. The molecule has 1 fully saturated rings. The van der Waals surface area contributed by atoms with Crippen molar-refractivity contribution in [3.8, 4) is 17.6 Å². The quantitative estimate of drug-likeness (QED) is 0.274. The molecule has 1 aliphatic rings. The number of nitrogens with zero attached hydrogens (tertiary/aromatic N) is 4. The number of hydrogen-bond donors (Lipinski definition) is 2. The van der Waals surface area contributed by atoms with Gasteiger partial charge in [-0.2, -0.15) is 23.5 Å². The Bertz CT molecular complexity index is 1470. The van der Waals surface area contributed by atoms with Crippen molar-refractivity contribution >= 4 is 57.6 Å². The number of halogens is 5. The normalized spacial score (nSPS) is 14.5. The number of alkyl carbamates (subject to hydrolysis) is 1. The first-order valence-electron chi connectivity index (χ1n) is 10.9. The van der Waals surface area contributed by atoms with Crippen molar-refractivity contribution in [3.63, 3.8) is 0 Å². The average molecular weight is 569 g/mol. The second kappa shape index (κ2) is 10.4. The number of hydrazone groups is 1. The summed E-state index contributed by atoms with van der Waals surface area (Å²) in [4.78, 5) is 27.4. The molecule has 15 heteroatoms. The van der Waals surface area contributed by atoms with Gasteiger partial charge in [0.1, 0.15) is 17.4 Å². The van der Waals surface area contributed by atoms with E-state index in [9.17, 15) is 22.8 Å². The van der Waals surface area contributed by atoms with E-state index in [1.54, 1.807) is 0 Å². The van der Waals surface area contributed by atoms with Crippen molar-refractivity contribution in [3.05, 3.63) is 46.7 Å². The summed E-state index contributed by atoms with van der Waals surface area (Å²) in [5.74, 6) is -0.920. The van der Waals surface area contributed by atoms with E-state index in [-0.39, 0.29) is 52.2 Å². The number of alkyl halides is 3. The highest BCUT2D eigenvalue weighted by atomic mass is 35.5. The zero-order valence-electron chi connectivity index (χ0n) is 19.4. The van der Waals surface area contributed by atoms with Crippen molar-refractivity contribution in [1.82, 2.24) is 14.9 Å². The molecule has 1 aliphatic carbocycles. The first-order valence-corrected chi connectivity index (χ1v) is 11.7. The second-order valence-corrected chi connectivity index (χ2v) is 8.84. The first-order chi connectivity index (χ1) is 18.0. The lowest BCUT2D eigenvalue weighted by molar-refractivity contribution is -0.178. The van der Waals surface area contributed by atoms with Crippen molar-refractivity contribution in [2.75, 3.05) is 12.0 Å². The van der Waals surface area contributed by atoms with Gasteiger partial charge in [-0.05, 0) is 44.0 Å². The molecule has 4 rings (SSSR count). The maximum absolute atomic E-state index is 13.7. The van der Waals surface area contributed by atoms with Crippen LogP contribution in [0.4, 0.5) is 23.7 Å². The van der Waals surface area contributed by atoms with Gasteiger partial charge in [-0.25, -0.2) is 9.78 Å². The molecule has 3 aromatic rings. The van der Waals surface area contributed by atoms with Crippen LogP contribution in [0, 0.1) is 11.3 Å². The Morgan fingerprint density at radius 3 is 2.50 bits per heavy atom. The molecule has 2 N–H and O–H groups in total. The maximum atomic E-state index is 13.7. The monoisotopic (exact) mass is 568 g/mol. The van der Waals surface area contributed by atoms with Crippen molar-refractivity contribution in [2.45, 2.75) is 31.5 Å². The Morgan fingerprint density at radius 2 is 1.92 bits per heavy atom. The van der Waals surface area contributed by atoms with E-state index in [1.807, 2.05) is 5.32 Å². The van der Waals surface area contributed by atoms with Crippen molar-refractivity contribution < 1.29 is 32.2 Å². The van der Waals surface area contributed by atoms with Crippen LogP contribution in [0.2, 0.25) is 10.0 Å². The molecule has 2 amide bonds. The summed E-state index contributed by atoms with van der Waals surface area (Å²) < 4.78 is 52.4. The summed E-state index contributed by atoms with van der Waals surface area (Å²) in [6.07, 6.45) is -4.39. The van der Waals surface area contributed by atoms with E-state index in [0.29, 0.717) is 5.52 Å². The minimum Gasteiger partial charge on any atom is -0.454 e. The van der Waals surface area contributed by atoms with Gasteiger partial charge in [0.05, 0.1) is 39.7 Å². The van der Waals surface area contributed by atoms with Gasteiger partial charge in [-0.1, -0.05) is 23.2 Å². The Kier molecular flexibility index (Phi) is 7.39. The summed E-state index contributed by atoms with van der Waals surface area (Å²) in [6, 6.07) is 8.64. The highest BCUT2D eigenvalue weighted by Gasteiger charge is 2.65. The lowest BCUT2D eigenvalue weighted by atomic mass is 10.2. The van der Waals surface area contributed by atoms with Gasteiger partial charge in [-0.3, -0.25) is 15.5 Å². The van der Waals surface area contributed by atoms with Gasteiger partial charge >= 0.3 is 12.3 Å². The molecule has 198 valence electrons. The smallest absolute Gasteiger partial charge is 0.414 e. The van der Waals surface area contributed by atoms with Crippen LogP contribution >= 0.6 is 23.2 Å². The largest absolute Gasteiger partial charge is 0.454 e. The van der Waals surface area contributed by atoms with Gasteiger partial charge in [0.25, 0.3) is 5.91 Å². The molecule has 0 radical (unpaired) electrons. The third-order valence-corrected chi connectivity index (χ3v) is 6.12. The first kappa shape index (κ1) is 27.0. The van der Waals surface area contributed by atoms with Gasteiger partial charge in [0, 0.05) is 6.07 Å². The van der Waals surface area contributed by atoms with Crippen LogP contribution in [0.15, 0.2) is 41.8 Å². The molecule has 0 saturated heterocycles. The molecule has 0 unspecified atom stereocenters. The molecular formula is C23H17Cl2F3N6O4. The van der Waals surface area contributed by atoms with E-state index in [0.717, 1.165) is 4.57 Å². The number of imidazole rings is 1. The van der Waals surface area contributed by atoms with Crippen LogP contribution in [0.1, 0.15) is 19.8 Å². The van der Waals surface area contributed by atoms with E-state index in [1.165, 1.54) is 49.7 Å². The Hall–Kier alpha value is -4.02. The maximum Gasteiger partial charge on any atom is 0.414 e. The Morgan fingerprint density at radius 1 is 1.24 bits per heavy atom. The summed E-state index contributed by atoms with van der Waals surface area (Å²) in [6.45, 7) is 1.56. The fourth-order valence-electron chi connectivity index (χ4n) is 3.58. The second-order valence-electron chi connectivity index (χ2n) is 8.02.